The summed E-state index contributed by atoms with van der Waals surface area (Å²) in [6.07, 6.45) is 2.89. The first-order chi connectivity index (χ1) is 6.95. The Balaban J connectivity index is 2.11. The van der Waals surface area contributed by atoms with E-state index in [1.165, 1.54) is 0 Å². The van der Waals surface area contributed by atoms with Gasteiger partial charge in [0.15, 0.2) is 11.5 Å². The topological polar surface area (TPSA) is 55.1 Å². The van der Waals surface area contributed by atoms with Crippen molar-refractivity contribution in [3.8, 4) is 0 Å². The highest BCUT2D eigenvalue weighted by Crippen LogP contribution is 2.19. The van der Waals surface area contributed by atoms with Crippen LogP contribution < -0.4 is 5.32 Å². The highest BCUT2D eigenvalue weighted by Gasteiger charge is 2.22. The molecule has 14 heavy (non-hydrogen) atoms. The Morgan fingerprint density at radius 1 is 1.43 bits per heavy atom. The number of rotatable bonds is 1. The maximum atomic E-state index is 4.25. The molecule has 1 saturated heterocycles. The lowest BCUT2D eigenvalue weighted by atomic mass is 10.1. The highest BCUT2D eigenvalue weighted by atomic mass is 15.4. The van der Waals surface area contributed by atoms with Gasteiger partial charge in [-0.3, -0.25) is 0 Å². The average molecular weight is 189 g/mol. The molecule has 0 bridgehead atoms. The SMILES string of the molecule is c1cnn2c(C3CCNC3)nnc2c1. The summed E-state index contributed by atoms with van der Waals surface area (Å²) in [5.41, 5.74) is 0.828. The zero-order valence-electron chi connectivity index (χ0n) is 7.72. The van der Waals surface area contributed by atoms with Gasteiger partial charge in [0.05, 0.1) is 0 Å². The van der Waals surface area contributed by atoms with Crippen molar-refractivity contribution in [1.29, 1.82) is 0 Å². The van der Waals surface area contributed by atoms with Crippen molar-refractivity contribution in [2.75, 3.05) is 13.1 Å². The van der Waals surface area contributed by atoms with Crippen LogP contribution in [-0.2, 0) is 0 Å². The lowest BCUT2D eigenvalue weighted by Crippen LogP contribution is -2.10. The predicted molar refractivity (Wildman–Crippen MR) is 51.0 cm³/mol. The van der Waals surface area contributed by atoms with Gasteiger partial charge in [-0.1, -0.05) is 0 Å². The van der Waals surface area contributed by atoms with Crippen LogP contribution in [0.5, 0.6) is 0 Å². The largest absolute Gasteiger partial charge is 0.316 e. The van der Waals surface area contributed by atoms with E-state index in [-0.39, 0.29) is 0 Å². The van der Waals surface area contributed by atoms with Crippen LogP contribution in [0.15, 0.2) is 18.3 Å². The molecule has 1 aliphatic heterocycles. The van der Waals surface area contributed by atoms with Crippen molar-refractivity contribution in [1.82, 2.24) is 25.1 Å². The Kier molecular flexibility index (Phi) is 1.70. The monoisotopic (exact) mass is 189 g/mol. The highest BCUT2D eigenvalue weighted by molar-refractivity contribution is 5.35. The number of nitrogens with one attached hydrogen (secondary N) is 1. The molecular weight excluding hydrogens is 178 g/mol. The van der Waals surface area contributed by atoms with E-state index in [1.807, 2.05) is 16.6 Å². The first-order valence-electron chi connectivity index (χ1n) is 4.82. The van der Waals surface area contributed by atoms with Crippen molar-refractivity contribution in [3.05, 3.63) is 24.2 Å². The Bertz CT molecular complexity index is 443. The van der Waals surface area contributed by atoms with Gasteiger partial charge in [-0.05, 0) is 25.1 Å². The standard InChI is InChI=1S/C9H11N5/c1-2-8-12-13-9(14(8)11-4-1)7-3-5-10-6-7/h1-2,4,7,10H,3,5-6H2. The summed E-state index contributed by atoms with van der Waals surface area (Å²) in [5, 5.41) is 15.8. The van der Waals surface area contributed by atoms with Gasteiger partial charge in [0.1, 0.15) is 0 Å². The summed E-state index contributed by atoms with van der Waals surface area (Å²) in [7, 11) is 0. The zero-order chi connectivity index (χ0) is 9.38. The quantitative estimate of drug-likeness (QED) is 0.696. The number of nitrogens with zero attached hydrogens (tertiary/aromatic N) is 4. The van der Waals surface area contributed by atoms with Crippen molar-refractivity contribution in [3.63, 3.8) is 0 Å². The molecule has 0 aromatic carbocycles. The fraction of sp³-hybridized carbons (Fsp3) is 0.444. The van der Waals surface area contributed by atoms with Crippen LogP contribution in [0.1, 0.15) is 18.2 Å². The molecule has 0 amide bonds. The van der Waals surface area contributed by atoms with Gasteiger partial charge in [-0.2, -0.15) is 9.61 Å². The van der Waals surface area contributed by atoms with E-state index in [2.05, 4.69) is 20.6 Å². The zero-order valence-corrected chi connectivity index (χ0v) is 7.72. The van der Waals surface area contributed by atoms with Crippen LogP contribution >= 0.6 is 0 Å². The van der Waals surface area contributed by atoms with Crippen molar-refractivity contribution in [2.45, 2.75) is 12.3 Å². The van der Waals surface area contributed by atoms with Gasteiger partial charge < -0.3 is 5.32 Å². The van der Waals surface area contributed by atoms with Crippen LogP contribution in [-0.4, -0.2) is 32.9 Å². The normalized spacial score (nSPS) is 21.9. The fourth-order valence-electron chi connectivity index (χ4n) is 1.89. The molecule has 0 saturated carbocycles. The third-order valence-electron chi connectivity index (χ3n) is 2.63. The van der Waals surface area contributed by atoms with Crippen molar-refractivity contribution in [2.24, 2.45) is 0 Å². The second-order valence-electron chi connectivity index (χ2n) is 3.54. The molecule has 0 spiro atoms. The van der Waals surface area contributed by atoms with E-state index in [9.17, 15) is 0 Å². The molecule has 1 N–H and O–H groups in total. The molecule has 1 fully saturated rings. The molecule has 0 aliphatic carbocycles. The predicted octanol–water partition coefficient (Wildman–Crippen LogP) is 0.201. The molecule has 5 heteroatoms. The van der Waals surface area contributed by atoms with E-state index >= 15 is 0 Å². The van der Waals surface area contributed by atoms with Crippen LogP contribution in [0, 0.1) is 0 Å². The second-order valence-corrected chi connectivity index (χ2v) is 3.54. The van der Waals surface area contributed by atoms with Crippen LogP contribution in [0.3, 0.4) is 0 Å². The number of hydrogen-bond acceptors (Lipinski definition) is 4. The molecule has 3 rings (SSSR count). The van der Waals surface area contributed by atoms with Crippen molar-refractivity contribution >= 4 is 5.65 Å². The van der Waals surface area contributed by atoms with Crippen LogP contribution in [0.25, 0.3) is 5.65 Å². The summed E-state index contributed by atoms with van der Waals surface area (Å²) >= 11 is 0. The Morgan fingerprint density at radius 2 is 2.43 bits per heavy atom. The fourth-order valence-corrected chi connectivity index (χ4v) is 1.89. The lowest BCUT2D eigenvalue weighted by Gasteiger charge is -2.03. The van der Waals surface area contributed by atoms with Gasteiger partial charge in [0.2, 0.25) is 0 Å². The van der Waals surface area contributed by atoms with E-state index in [0.717, 1.165) is 31.0 Å². The first kappa shape index (κ1) is 7.87. The van der Waals surface area contributed by atoms with Crippen molar-refractivity contribution < 1.29 is 0 Å². The maximum Gasteiger partial charge on any atom is 0.177 e. The van der Waals surface area contributed by atoms with Gasteiger partial charge in [0, 0.05) is 18.7 Å². The molecule has 1 aliphatic rings. The Hall–Kier alpha value is -1.49. The molecule has 1 atom stereocenters. The number of fused-ring (bicyclic) bond motifs is 1. The second kappa shape index (κ2) is 3.02. The number of aromatic nitrogens is 4. The van der Waals surface area contributed by atoms with Crippen LogP contribution in [0.4, 0.5) is 0 Å². The van der Waals surface area contributed by atoms with E-state index in [0.29, 0.717) is 5.92 Å². The Morgan fingerprint density at radius 3 is 3.29 bits per heavy atom. The maximum absolute atomic E-state index is 4.25. The van der Waals surface area contributed by atoms with Gasteiger partial charge in [0.25, 0.3) is 0 Å². The van der Waals surface area contributed by atoms with Crippen LogP contribution in [0.2, 0.25) is 0 Å². The molecule has 3 heterocycles. The van der Waals surface area contributed by atoms with E-state index < -0.39 is 0 Å². The van der Waals surface area contributed by atoms with Gasteiger partial charge in [-0.25, -0.2) is 0 Å². The number of hydrogen-bond donors (Lipinski definition) is 1. The molecule has 5 nitrogen and oxygen atoms in total. The van der Waals surface area contributed by atoms with E-state index in [1.54, 1.807) is 6.20 Å². The van der Waals surface area contributed by atoms with Gasteiger partial charge >= 0.3 is 0 Å². The minimum Gasteiger partial charge on any atom is -0.316 e. The molecular formula is C9H11N5. The molecule has 72 valence electrons. The summed E-state index contributed by atoms with van der Waals surface area (Å²) in [6.45, 7) is 2.05. The lowest BCUT2D eigenvalue weighted by molar-refractivity contribution is 0.667. The Labute approximate surface area is 81.1 Å². The summed E-state index contributed by atoms with van der Waals surface area (Å²) in [4.78, 5) is 0. The molecule has 0 radical (unpaired) electrons. The minimum atomic E-state index is 0.458. The summed E-state index contributed by atoms with van der Waals surface area (Å²) < 4.78 is 1.83. The van der Waals surface area contributed by atoms with E-state index in [4.69, 9.17) is 0 Å². The third kappa shape index (κ3) is 1.09. The molecule has 2 aromatic rings. The minimum absolute atomic E-state index is 0.458. The third-order valence-corrected chi connectivity index (χ3v) is 2.63. The smallest absolute Gasteiger partial charge is 0.177 e. The average Bonchev–Trinajstić information content (AvgIpc) is 2.85. The first-order valence-corrected chi connectivity index (χ1v) is 4.82. The molecule has 1 unspecified atom stereocenters. The summed E-state index contributed by atoms with van der Waals surface area (Å²) in [6, 6.07) is 3.80. The van der Waals surface area contributed by atoms with Gasteiger partial charge in [-0.15, -0.1) is 10.2 Å². The summed E-state index contributed by atoms with van der Waals surface area (Å²) in [5.74, 6) is 1.44. The molecule has 2 aromatic heterocycles.